The predicted octanol–water partition coefficient (Wildman–Crippen LogP) is 1.69. The van der Waals surface area contributed by atoms with Crippen molar-refractivity contribution < 1.29 is 0 Å². The second kappa shape index (κ2) is 3.73. The van der Waals surface area contributed by atoms with Gasteiger partial charge in [0, 0.05) is 5.75 Å². The fourth-order valence-electron chi connectivity index (χ4n) is 1.59. The molecule has 0 spiro atoms. The van der Waals surface area contributed by atoms with E-state index in [9.17, 15) is 0 Å². The molecule has 17 heavy (non-hydrogen) atoms. The first-order valence-electron chi connectivity index (χ1n) is 5.30. The minimum atomic E-state index is -0.0101. The van der Waals surface area contributed by atoms with Gasteiger partial charge >= 0.3 is 0 Å². The molecule has 0 radical (unpaired) electrons. The van der Waals surface area contributed by atoms with E-state index in [0.717, 1.165) is 16.5 Å². The van der Waals surface area contributed by atoms with Crippen LogP contribution >= 0.6 is 11.8 Å². The summed E-state index contributed by atoms with van der Waals surface area (Å²) in [7, 11) is 0. The summed E-state index contributed by atoms with van der Waals surface area (Å²) < 4.78 is 0. The minimum absolute atomic E-state index is 0.0101. The predicted molar refractivity (Wildman–Crippen MR) is 68.2 cm³/mol. The first-order chi connectivity index (χ1) is 8.14. The Balaban J connectivity index is 2.07. The Morgan fingerprint density at radius 1 is 1.24 bits per heavy atom. The van der Waals surface area contributed by atoms with E-state index in [2.05, 4.69) is 38.8 Å². The Morgan fingerprint density at radius 3 is 2.88 bits per heavy atom. The molecule has 5 nitrogen and oxygen atoms in total. The summed E-state index contributed by atoms with van der Waals surface area (Å²) in [6.07, 6.45) is 4.87. The highest BCUT2D eigenvalue weighted by atomic mass is 32.2. The van der Waals surface area contributed by atoms with E-state index in [0.29, 0.717) is 11.2 Å². The van der Waals surface area contributed by atoms with E-state index in [-0.39, 0.29) is 5.54 Å². The van der Waals surface area contributed by atoms with Gasteiger partial charge in [0.15, 0.2) is 5.65 Å². The van der Waals surface area contributed by atoms with Crippen LogP contribution in [0.5, 0.6) is 0 Å². The molecule has 0 saturated heterocycles. The Bertz CT molecular complexity index is 608. The van der Waals surface area contributed by atoms with Crippen LogP contribution in [0.15, 0.2) is 23.7 Å². The number of aromatic nitrogens is 4. The number of hydrogen-bond donors (Lipinski definition) is 0. The quantitative estimate of drug-likeness (QED) is 0.765. The van der Waals surface area contributed by atoms with Gasteiger partial charge in [0.1, 0.15) is 22.6 Å². The monoisotopic (exact) mass is 245 g/mol. The fraction of sp³-hybridized carbons (Fsp3) is 0.364. The van der Waals surface area contributed by atoms with E-state index < -0.39 is 0 Å². The first-order valence-corrected chi connectivity index (χ1v) is 6.28. The van der Waals surface area contributed by atoms with Crippen molar-refractivity contribution in [2.24, 2.45) is 4.99 Å². The lowest BCUT2D eigenvalue weighted by atomic mass is 10.1. The van der Waals surface area contributed by atoms with Crippen molar-refractivity contribution in [1.29, 1.82) is 0 Å². The second-order valence-corrected chi connectivity index (χ2v) is 5.47. The Morgan fingerprint density at radius 2 is 2.12 bits per heavy atom. The minimum Gasteiger partial charge on any atom is -0.269 e. The second-order valence-electron chi connectivity index (χ2n) is 4.50. The molecule has 6 heteroatoms. The van der Waals surface area contributed by atoms with E-state index in [1.165, 1.54) is 6.33 Å². The summed E-state index contributed by atoms with van der Waals surface area (Å²) in [6.45, 7) is 4.23. The van der Waals surface area contributed by atoms with Crippen LogP contribution in [-0.2, 0) is 0 Å². The number of rotatable bonds is 1. The van der Waals surface area contributed by atoms with Crippen LogP contribution in [0.3, 0.4) is 0 Å². The number of nitrogens with zero attached hydrogens (tertiary/aromatic N) is 5. The Labute approximate surface area is 103 Å². The molecule has 0 fully saturated rings. The molecule has 0 aliphatic carbocycles. The van der Waals surface area contributed by atoms with Gasteiger partial charge in [-0.3, -0.25) is 4.99 Å². The third-order valence-corrected chi connectivity index (χ3v) is 3.83. The molecule has 1 aliphatic heterocycles. The molecule has 0 aromatic carbocycles. The molecule has 0 unspecified atom stereocenters. The van der Waals surface area contributed by atoms with E-state index in [1.807, 2.05) is 0 Å². The standard InChI is InChI=1S/C11H11N5S/c1-11(2)5-17-10(16-11)8-4-13-9-7(15-8)3-12-6-14-9/h3-4,6H,5H2,1-2H3. The summed E-state index contributed by atoms with van der Waals surface area (Å²) >= 11 is 1.72. The molecule has 2 aromatic heterocycles. The molecule has 0 bridgehead atoms. The largest absolute Gasteiger partial charge is 0.269 e. The zero-order valence-electron chi connectivity index (χ0n) is 9.58. The van der Waals surface area contributed by atoms with Crippen LogP contribution in [0, 0.1) is 0 Å². The van der Waals surface area contributed by atoms with Gasteiger partial charge in [-0.15, -0.1) is 11.8 Å². The highest BCUT2D eigenvalue weighted by Gasteiger charge is 2.26. The molecule has 0 saturated carbocycles. The van der Waals surface area contributed by atoms with Crippen LogP contribution in [0.1, 0.15) is 19.5 Å². The summed E-state index contributed by atoms with van der Waals surface area (Å²) in [5.41, 5.74) is 2.12. The maximum Gasteiger partial charge on any atom is 0.181 e. The van der Waals surface area contributed by atoms with Crippen LogP contribution < -0.4 is 0 Å². The van der Waals surface area contributed by atoms with Gasteiger partial charge in [0.05, 0.1) is 17.9 Å². The topological polar surface area (TPSA) is 63.9 Å². The van der Waals surface area contributed by atoms with Gasteiger partial charge < -0.3 is 0 Å². The summed E-state index contributed by atoms with van der Waals surface area (Å²) in [4.78, 5) is 21.4. The molecular formula is C11H11N5S. The Kier molecular flexibility index (Phi) is 2.32. The first kappa shape index (κ1) is 10.6. The van der Waals surface area contributed by atoms with Gasteiger partial charge in [-0.2, -0.15) is 0 Å². The zero-order valence-corrected chi connectivity index (χ0v) is 10.4. The molecule has 86 valence electrons. The number of hydrogen-bond acceptors (Lipinski definition) is 6. The SMILES string of the molecule is CC1(C)CSC(c2cnc3ncncc3n2)=N1. The van der Waals surface area contributed by atoms with Crippen molar-refractivity contribution in [3.8, 4) is 0 Å². The maximum absolute atomic E-state index is 4.63. The molecule has 0 N–H and O–H groups in total. The normalized spacial score (nSPS) is 18.4. The number of thioether (sulfide) groups is 1. The number of aliphatic imine (C=N–C) groups is 1. The zero-order chi connectivity index (χ0) is 11.9. The lowest BCUT2D eigenvalue weighted by molar-refractivity contribution is 0.605. The van der Waals surface area contributed by atoms with Crippen LogP contribution in [0.25, 0.3) is 11.2 Å². The third kappa shape index (κ3) is 2.00. The average molecular weight is 245 g/mol. The molecule has 3 rings (SSSR count). The van der Waals surface area contributed by atoms with Gasteiger partial charge in [-0.05, 0) is 13.8 Å². The van der Waals surface area contributed by atoms with Crippen LogP contribution in [0.2, 0.25) is 0 Å². The lowest BCUT2D eigenvalue weighted by Gasteiger charge is -2.09. The van der Waals surface area contributed by atoms with Gasteiger partial charge in [0.2, 0.25) is 0 Å². The van der Waals surface area contributed by atoms with E-state index in [1.54, 1.807) is 24.2 Å². The molecule has 0 atom stereocenters. The smallest absolute Gasteiger partial charge is 0.181 e. The van der Waals surface area contributed by atoms with Crippen LogP contribution in [0.4, 0.5) is 0 Å². The summed E-state index contributed by atoms with van der Waals surface area (Å²) in [5, 5.41) is 0.952. The van der Waals surface area contributed by atoms with Crippen molar-refractivity contribution in [2.75, 3.05) is 5.75 Å². The molecular weight excluding hydrogens is 234 g/mol. The summed E-state index contributed by atoms with van der Waals surface area (Å²) in [6, 6.07) is 0. The molecule has 0 amide bonds. The number of fused-ring (bicyclic) bond motifs is 1. The van der Waals surface area contributed by atoms with Crippen LogP contribution in [-0.4, -0.2) is 36.3 Å². The Hall–Kier alpha value is -1.56. The molecule has 1 aliphatic rings. The highest BCUT2D eigenvalue weighted by molar-refractivity contribution is 8.14. The molecule has 2 aromatic rings. The van der Waals surface area contributed by atoms with Crippen molar-refractivity contribution >= 4 is 28.0 Å². The van der Waals surface area contributed by atoms with Gasteiger partial charge in [-0.25, -0.2) is 19.9 Å². The summed E-state index contributed by atoms with van der Waals surface area (Å²) in [5.74, 6) is 0.980. The van der Waals surface area contributed by atoms with Crippen molar-refractivity contribution in [3.63, 3.8) is 0 Å². The van der Waals surface area contributed by atoms with E-state index in [4.69, 9.17) is 0 Å². The lowest BCUT2D eigenvalue weighted by Crippen LogP contribution is -2.15. The fourth-order valence-corrected chi connectivity index (χ4v) is 2.71. The third-order valence-electron chi connectivity index (χ3n) is 2.41. The highest BCUT2D eigenvalue weighted by Crippen LogP contribution is 2.29. The van der Waals surface area contributed by atoms with Crippen molar-refractivity contribution in [2.45, 2.75) is 19.4 Å². The maximum atomic E-state index is 4.63. The van der Waals surface area contributed by atoms with E-state index >= 15 is 0 Å². The molecule has 3 heterocycles. The van der Waals surface area contributed by atoms with Gasteiger partial charge in [0.25, 0.3) is 0 Å². The average Bonchev–Trinajstić information content (AvgIpc) is 2.69. The van der Waals surface area contributed by atoms with Crippen molar-refractivity contribution in [3.05, 3.63) is 24.4 Å². The van der Waals surface area contributed by atoms with Gasteiger partial charge in [-0.1, -0.05) is 0 Å². The van der Waals surface area contributed by atoms with Crippen molar-refractivity contribution in [1.82, 2.24) is 19.9 Å².